The molecule has 0 saturated heterocycles. The summed E-state index contributed by atoms with van der Waals surface area (Å²) in [5.41, 5.74) is 7.57. The van der Waals surface area contributed by atoms with Gasteiger partial charge in [-0.3, -0.25) is 4.90 Å². The lowest BCUT2D eigenvalue weighted by molar-refractivity contribution is 0.253. The zero-order chi connectivity index (χ0) is 15.1. The Labute approximate surface area is 120 Å². The van der Waals surface area contributed by atoms with Crippen molar-refractivity contribution in [2.75, 3.05) is 23.3 Å². The minimum atomic E-state index is -0.559. The summed E-state index contributed by atoms with van der Waals surface area (Å²) in [6, 6.07) is 4.52. The van der Waals surface area contributed by atoms with Crippen LogP contribution in [0.15, 0.2) is 30.4 Å². The van der Waals surface area contributed by atoms with Gasteiger partial charge in [-0.1, -0.05) is 25.5 Å². The largest absolute Gasteiger partial charge is 0.506 e. The van der Waals surface area contributed by atoms with E-state index in [1.807, 2.05) is 13.8 Å². The highest BCUT2D eigenvalue weighted by atomic mass is 16.3. The van der Waals surface area contributed by atoms with E-state index in [1.165, 1.54) is 4.90 Å². The first-order valence-electron chi connectivity index (χ1n) is 6.74. The molecule has 0 fully saturated rings. The Morgan fingerprint density at radius 2 is 2.20 bits per heavy atom. The molecule has 5 heteroatoms. The van der Waals surface area contributed by atoms with Gasteiger partial charge < -0.3 is 16.2 Å². The van der Waals surface area contributed by atoms with E-state index in [1.54, 1.807) is 18.2 Å². The number of anilines is 2. The molecular weight excluding hydrogens is 254 g/mol. The molecule has 110 valence electrons. The first-order chi connectivity index (χ1) is 9.45. The van der Waals surface area contributed by atoms with Gasteiger partial charge in [0.15, 0.2) is 0 Å². The predicted molar refractivity (Wildman–Crippen MR) is 83.2 cm³/mol. The first-order valence-corrected chi connectivity index (χ1v) is 6.74. The van der Waals surface area contributed by atoms with E-state index in [-0.39, 0.29) is 5.75 Å². The van der Waals surface area contributed by atoms with Gasteiger partial charge in [0.25, 0.3) is 0 Å². The lowest BCUT2D eigenvalue weighted by atomic mass is 10.2. The van der Waals surface area contributed by atoms with Gasteiger partial charge in [-0.05, 0) is 25.5 Å². The van der Waals surface area contributed by atoms with Crippen molar-refractivity contribution in [1.29, 1.82) is 0 Å². The molecule has 1 aromatic carbocycles. The van der Waals surface area contributed by atoms with Crippen molar-refractivity contribution in [2.45, 2.75) is 26.7 Å². The lowest BCUT2D eigenvalue weighted by Gasteiger charge is -2.21. The van der Waals surface area contributed by atoms with Crippen molar-refractivity contribution in [3.8, 4) is 5.75 Å². The van der Waals surface area contributed by atoms with Crippen LogP contribution >= 0.6 is 0 Å². The number of nitrogens with zero attached hydrogens (tertiary/aromatic N) is 1. The molecule has 0 aromatic heterocycles. The van der Waals surface area contributed by atoms with Gasteiger partial charge in [-0.2, -0.15) is 0 Å². The Morgan fingerprint density at radius 1 is 1.50 bits per heavy atom. The number of carbonyl (C=O) groups is 1. The molecule has 20 heavy (non-hydrogen) atoms. The number of phenols is 1. The normalized spacial score (nSPS) is 10.1. The Bertz CT molecular complexity index is 486. The molecule has 4 N–H and O–H groups in total. The highest BCUT2D eigenvalue weighted by molar-refractivity contribution is 5.92. The van der Waals surface area contributed by atoms with Crippen molar-refractivity contribution >= 4 is 17.4 Å². The van der Waals surface area contributed by atoms with E-state index in [0.717, 1.165) is 24.1 Å². The summed E-state index contributed by atoms with van der Waals surface area (Å²) >= 11 is 0. The summed E-state index contributed by atoms with van der Waals surface area (Å²) in [5.74, 6) is 0.0339. The number of hydrogen-bond donors (Lipinski definition) is 3. The molecule has 0 unspecified atom stereocenters. The maximum Gasteiger partial charge on any atom is 0.319 e. The average Bonchev–Trinajstić information content (AvgIpc) is 2.38. The molecule has 0 atom stereocenters. The molecule has 0 saturated carbocycles. The Morgan fingerprint density at radius 3 is 2.70 bits per heavy atom. The number of amides is 2. The number of carbonyl (C=O) groups excluding carboxylic acids is 1. The molecule has 0 bridgehead atoms. The van der Waals surface area contributed by atoms with Crippen LogP contribution < -0.4 is 16.0 Å². The standard InChI is InChI=1S/C15H23N3O2/c1-4-5-8-18(15(16)20)13-7-6-12(9-14(13)19)17-10-11(2)3/h6-7,9,17,19H,2,4-5,8,10H2,1,3H3,(H2,16,20). The third kappa shape index (κ3) is 4.50. The van der Waals surface area contributed by atoms with Gasteiger partial charge in [0.1, 0.15) is 5.75 Å². The molecular formula is C15H23N3O2. The number of nitrogens with two attached hydrogens (primary N) is 1. The second-order valence-corrected chi connectivity index (χ2v) is 4.86. The fraction of sp³-hybridized carbons (Fsp3) is 0.400. The second-order valence-electron chi connectivity index (χ2n) is 4.86. The van der Waals surface area contributed by atoms with Gasteiger partial charge >= 0.3 is 6.03 Å². The van der Waals surface area contributed by atoms with Crippen LogP contribution in [-0.4, -0.2) is 24.2 Å². The summed E-state index contributed by atoms with van der Waals surface area (Å²) in [5, 5.41) is 13.2. The van der Waals surface area contributed by atoms with Crippen LogP contribution in [0.3, 0.4) is 0 Å². The van der Waals surface area contributed by atoms with Crippen LogP contribution in [0.2, 0.25) is 0 Å². The Hall–Kier alpha value is -2.17. The molecule has 0 aliphatic heterocycles. The molecule has 0 spiro atoms. The van der Waals surface area contributed by atoms with Crippen LogP contribution in [0.1, 0.15) is 26.7 Å². The number of hydrogen-bond acceptors (Lipinski definition) is 3. The van der Waals surface area contributed by atoms with E-state index in [9.17, 15) is 9.90 Å². The average molecular weight is 277 g/mol. The Kier molecular flexibility index (Phi) is 5.90. The topological polar surface area (TPSA) is 78.6 Å². The molecule has 0 aliphatic rings. The van der Waals surface area contributed by atoms with E-state index in [2.05, 4.69) is 11.9 Å². The van der Waals surface area contributed by atoms with Crippen LogP contribution in [0.25, 0.3) is 0 Å². The molecule has 1 aromatic rings. The molecule has 5 nitrogen and oxygen atoms in total. The molecule has 1 rings (SSSR count). The number of aromatic hydroxyl groups is 1. The summed E-state index contributed by atoms with van der Waals surface area (Å²) in [7, 11) is 0. The number of primary amides is 1. The van der Waals surface area contributed by atoms with Crippen molar-refractivity contribution in [3.05, 3.63) is 30.4 Å². The minimum absolute atomic E-state index is 0.0339. The predicted octanol–water partition coefficient (Wildman–Crippen LogP) is 3.07. The highest BCUT2D eigenvalue weighted by Gasteiger charge is 2.15. The van der Waals surface area contributed by atoms with E-state index in [0.29, 0.717) is 18.8 Å². The Balaban J connectivity index is 2.89. The molecule has 0 radical (unpaired) electrons. The number of benzene rings is 1. The van der Waals surface area contributed by atoms with Crippen LogP contribution in [0, 0.1) is 0 Å². The van der Waals surface area contributed by atoms with Gasteiger partial charge in [-0.25, -0.2) is 4.79 Å². The molecule has 2 amide bonds. The third-order valence-electron chi connectivity index (χ3n) is 2.86. The fourth-order valence-corrected chi connectivity index (χ4v) is 1.78. The summed E-state index contributed by atoms with van der Waals surface area (Å²) < 4.78 is 0. The van der Waals surface area contributed by atoms with Gasteiger partial charge in [0.05, 0.1) is 5.69 Å². The summed E-state index contributed by atoms with van der Waals surface area (Å²) in [4.78, 5) is 12.9. The minimum Gasteiger partial charge on any atom is -0.506 e. The number of rotatable bonds is 7. The van der Waals surface area contributed by atoms with Crippen LogP contribution in [0.5, 0.6) is 5.75 Å². The van der Waals surface area contributed by atoms with E-state index in [4.69, 9.17) is 5.73 Å². The number of unbranched alkanes of at least 4 members (excludes halogenated alkanes) is 1. The van der Waals surface area contributed by atoms with Gasteiger partial charge in [0.2, 0.25) is 0 Å². The zero-order valence-corrected chi connectivity index (χ0v) is 12.1. The van der Waals surface area contributed by atoms with Crippen molar-refractivity contribution in [1.82, 2.24) is 0 Å². The number of urea groups is 1. The maximum atomic E-state index is 11.5. The fourth-order valence-electron chi connectivity index (χ4n) is 1.78. The third-order valence-corrected chi connectivity index (χ3v) is 2.86. The molecule has 0 aliphatic carbocycles. The summed E-state index contributed by atoms with van der Waals surface area (Å²) in [6.45, 7) is 8.88. The van der Waals surface area contributed by atoms with Crippen LogP contribution in [-0.2, 0) is 0 Å². The van der Waals surface area contributed by atoms with Crippen molar-refractivity contribution in [2.24, 2.45) is 5.73 Å². The second kappa shape index (κ2) is 7.43. The maximum absolute atomic E-state index is 11.5. The number of phenolic OH excluding ortho intramolecular Hbond substituents is 1. The number of nitrogens with one attached hydrogen (secondary N) is 1. The monoisotopic (exact) mass is 277 g/mol. The highest BCUT2D eigenvalue weighted by Crippen LogP contribution is 2.30. The van der Waals surface area contributed by atoms with E-state index >= 15 is 0 Å². The lowest BCUT2D eigenvalue weighted by Crippen LogP contribution is -2.36. The van der Waals surface area contributed by atoms with Crippen molar-refractivity contribution < 1.29 is 9.90 Å². The van der Waals surface area contributed by atoms with E-state index < -0.39 is 6.03 Å². The van der Waals surface area contributed by atoms with Gasteiger partial charge in [0, 0.05) is 24.8 Å². The SMILES string of the molecule is C=C(C)CNc1ccc(N(CCCC)C(N)=O)c(O)c1. The quantitative estimate of drug-likeness (QED) is 0.670. The smallest absolute Gasteiger partial charge is 0.319 e. The van der Waals surface area contributed by atoms with Gasteiger partial charge in [-0.15, -0.1) is 0 Å². The summed E-state index contributed by atoms with van der Waals surface area (Å²) in [6.07, 6.45) is 1.78. The van der Waals surface area contributed by atoms with Crippen LogP contribution in [0.4, 0.5) is 16.2 Å². The zero-order valence-electron chi connectivity index (χ0n) is 12.1. The molecule has 0 heterocycles. The van der Waals surface area contributed by atoms with Crippen molar-refractivity contribution in [3.63, 3.8) is 0 Å². The first kappa shape index (κ1) is 15.9.